The van der Waals surface area contributed by atoms with E-state index in [2.05, 4.69) is 21.2 Å². The third-order valence-corrected chi connectivity index (χ3v) is 9.88. The van der Waals surface area contributed by atoms with E-state index >= 15 is 0 Å². The lowest BCUT2D eigenvalue weighted by molar-refractivity contribution is -0.140. The van der Waals surface area contributed by atoms with Gasteiger partial charge in [0, 0.05) is 29.0 Å². The third-order valence-electron chi connectivity index (χ3n) is 7.35. The van der Waals surface area contributed by atoms with E-state index in [9.17, 15) is 18.0 Å². The summed E-state index contributed by atoms with van der Waals surface area (Å²) in [6, 6.07) is 28.9. The molecule has 45 heavy (non-hydrogen) atoms. The number of aryl methyl sites for hydroxylation is 1. The monoisotopic (exact) mass is 709 g/mol. The first-order valence-electron chi connectivity index (χ1n) is 14.8. The van der Waals surface area contributed by atoms with Gasteiger partial charge >= 0.3 is 0 Å². The zero-order valence-electron chi connectivity index (χ0n) is 25.3. The molecule has 0 radical (unpaired) electrons. The highest BCUT2D eigenvalue weighted by molar-refractivity contribution is 9.10. The second kappa shape index (κ2) is 16.1. The van der Waals surface area contributed by atoms with Crippen molar-refractivity contribution in [2.45, 2.75) is 50.6 Å². The van der Waals surface area contributed by atoms with Gasteiger partial charge in [0.1, 0.15) is 12.6 Å². The molecule has 1 N–H and O–H groups in total. The van der Waals surface area contributed by atoms with E-state index in [1.54, 1.807) is 60.7 Å². The molecule has 0 bridgehead atoms. The van der Waals surface area contributed by atoms with Gasteiger partial charge in [-0.25, -0.2) is 8.42 Å². The molecule has 10 heteroatoms. The number of halogens is 2. The van der Waals surface area contributed by atoms with Crippen molar-refractivity contribution in [3.63, 3.8) is 0 Å². The van der Waals surface area contributed by atoms with Crippen LogP contribution in [0.2, 0.25) is 5.02 Å². The van der Waals surface area contributed by atoms with Gasteiger partial charge in [0.15, 0.2) is 0 Å². The van der Waals surface area contributed by atoms with Crippen LogP contribution in [-0.2, 0) is 32.6 Å². The smallest absolute Gasteiger partial charge is 0.264 e. The Morgan fingerprint density at radius 3 is 2.22 bits per heavy atom. The first kappa shape index (κ1) is 34.2. The molecule has 2 amide bonds. The van der Waals surface area contributed by atoms with Crippen LogP contribution in [0.15, 0.2) is 112 Å². The molecule has 4 rings (SSSR count). The molecule has 0 saturated heterocycles. The standard InChI is InChI=1S/C35H37BrClN3O4S/c1-3-4-21-38-35(42)33(22-27-9-6-5-7-10-27)39(24-28-15-17-30(37)18-16-28)34(41)25-40(31-12-8-11-29(36)23-31)45(43,44)32-19-13-26(2)14-20-32/h5-20,23,33H,3-4,21-22,24-25H2,1-2H3,(H,38,42). The zero-order valence-corrected chi connectivity index (χ0v) is 28.5. The van der Waals surface area contributed by atoms with Gasteiger partial charge in [0.05, 0.1) is 10.6 Å². The maximum absolute atomic E-state index is 14.5. The fourth-order valence-corrected chi connectivity index (χ4v) is 6.76. The fraction of sp³-hybridized carbons (Fsp3) is 0.257. The second-order valence-electron chi connectivity index (χ2n) is 10.8. The Kier molecular flexibility index (Phi) is 12.2. The molecule has 4 aromatic carbocycles. The van der Waals surface area contributed by atoms with Gasteiger partial charge in [-0.3, -0.25) is 13.9 Å². The van der Waals surface area contributed by atoms with Crippen LogP contribution < -0.4 is 9.62 Å². The minimum Gasteiger partial charge on any atom is -0.354 e. The summed E-state index contributed by atoms with van der Waals surface area (Å²) in [6.07, 6.45) is 1.94. The number of hydrogen-bond acceptors (Lipinski definition) is 4. The predicted molar refractivity (Wildman–Crippen MR) is 184 cm³/mol. The first-order chi connectivity index (χ1) is 21.6. The van der Waals surface area contributed by atoms with Crippen molar-refractivity contribution in [3.8, 4) is 0 Å². The van der Waals surface area contributed by atoms with Gasteiger partial charge in [0.25, 0.3) is 10.0 Å². The summed E-state index contributed by atoms with van der Waals surface area (Å²) in [5.74, 6) is -0.822. The van der Waals surface area contributed by atoms with E-state index in [4.69, 9.17) is 11.6 Å². The highest BCUT2D eigenvalue weighted by Crippen LogP contribution is 2.27. The molecule has 0 spiro atoms. The fourth-order valence-electron chi connectivity index (χ4n) is 4.84. The topological polar surface area (TPSA) is 86.8 Å². The Balaban J connectivity index is 1.78. The molecule has 0 aromatic heterocycles. The first-order valence-corrected chi connectivity index (χ1v) is 17.4. The zero-order chi connectivity index (χ0) is 32.4. The van der Waals surface area contributed by atoms with E-state index in [1.807, 2.05) is 44.2 Å². The number of anilines is 1. The minimum absolute atomic E-state index is 0.0586. The summed E-state index contributed by atoms with van der Waals surface area (Å²) in [5, 5.41) is 3.54. The predicted octanol–water partition coefficient (Wildman–Crippen LogP) is 7.16. The molecule has 0 aliphatic rings. The van der Waals surface area contributed by atoms with Gasteiger partial charge < -0.3 is 10.2 Å². The normalized spacial score (nSPS) is 11.9. The highest BCUT2D eigenvalue weighted by Gasteiger charge is 2.34. The highest BCUT2D eigenvalue weighted by atomic mass is 79.9. The molecule has 0 saturated carbocycles. The third kappa shape index (κ3) is 9.42. The lowest BCUT2D eigenvalue weighted by atomic mass is 10.0. The average Bonchev–Trinajstić information content (AvgIpc) is 3.03. The largest absolute Gasteiger partial charge is 0.354 e. The SMILES string of the molecule is CCCCNC(=O)C(Cc1ccccc1)N(Cc1ccc(Cl)cc1)C(=O)CN(c1cccc(Br)c1)S(=O)(=O)c1ccc(C)cc1. The molecule has 1 atom stereocenters. The molecular weight excluding hydrogens is 674 g/mol. The lowest BCUT2D eigenvalue weighted by Gasteiger charge is -2.34. The molecule has 4 aromatic rings. The van der Waals surface area contributed by atoms with Crippen LogP contribution in [0.25, 0.3) is 0 Å². The molecule has 1 unspecified atom stereocenters. The van der Waals surface area contributed by atoms with E-state index < -0.39 is 28.5 Å². The molecule has 7 nitrogen and oxygen atoms in total. The molecular formula is C35H37BrClN3O4S. The summed E-state index contributed by atoms with van der Waals surface area (Å²) in [4.78, 5) is 29.8. The van der Waals surface area contributed by atoms with E-state index in [1.165, 1.54) is 17.0 Å². The van der Waals surface area contributed by atoms with Crippen molar-refractivity contribution in [2.75, 3.05) is 17.4 Å². The van der Waals surface area contributed by atoms with E-state index in [0.717, 1.165) is 33.8 Å². The van der Waals surface area contributed by atoms with Crippen molar-refractivity contribution in [3.05, 3.63) is 129 Å². The van der Waals surface area contributed by atoms with Crippen LogP contribution >= 0.6 is 27.5 Å². The number of nitrogens with zero attached hydrogens (tertiary/aromatic N) is 2. The van der Waals surface area contributed by atoms with Crippen molar-refractivity contribution < 1.29 is 18.0 Å². The summed E-state index contributed by atoms with van der Waals surface area (Å²) in [7, 11) is -4.17. The number of amides is 2. The number of benzene rings is 4. The van der Waals surface area contributed by atoms with Gasteiger partial charge in [0.2, 0.25) is 11.8 Å². The van der Waals surface area contributed by atoms with E-state index in [0.29, 0.717) is 21.7 Å². The van der Waals surface area contributed by atoms with Crippen LogP contribution in [0.3, 0.4) is 0 Å². The van der Waals surface area contributed by atoms with Gasteiger partial charge in [-0.05, 0) is 66.9 Å². The molecule has 0 aliphatic carbocycles. The van der Waals surface area contributed by atoms with Crippen LogP contribution in [0.4, 0.5) is 5.69 Å². The van der Waals surface area contributed by atoms with Crippen molar-refractivity contribution >= 4 is 55.1 Å². The Labute approximate surface area is 279 Å². The summed E-state index contributed by atoms with van der Waals surface area (Å²) in [6.45, 7) is 3.93. The van der Waals surface area contributed by atoms with Crippen molar-refractivity contribution in [2.24, 2.45) is 0 Å². The molecule has 0 aliphatic heterocycles. The molecule has 0 heterocycles. The average molecular weight is 711 g/mol. The minimum atomic E-state index is -4.17. The second-order valence-corrected chi connectivity index (χ2v) is 14.0. The van der Waals surface area contributed by atoms with Crippen molar-refractivity contribution in [1.29, 1.82) is 0 Å². The Morgan fingerprint density at radius 1 is 0.889 bits per heavy atom. The van der Waals surface area contributed by atoms with Gasteiger partial charge in [-0.2, -0.15) is 0 Å². The Hall–Kier alpha value is -3.66. The van der Waals surface area contributed by atoms with Crippen LogP contribution in [0.1, 0.15) is 36.5 Å². The number of nitrogens with one attached hydrogen (secondary N) is 1. The summed E-state index contributed by atoms with van der Waals surface area (Å²) in [5.41, 5.74) is 2.85. The van der Waals surface area contributed by atoms with Crippen LogP contribution in [0.5, 0.6) is 0 Å². The van der Waals surface area contributed by atoms with Crippen molar-refractivity contribution in [1.82, 2.24) is 10.2 Å². The summed E-state index contributed by atoms with van der Waals surface area (Å²) < 4.78 is 30.0. The Bertz CT molecular complexity index is 1680. The lowest BCUT2D eigenvalue weighted by Crippen LogP contribution is -2.53. The number of carbonyl (C=O) groups excluding carboxylic acids is 2. The summed E-state index contributed by atoms with van der Waals surface area (Å²) >= 11 is 9.58. The Morgan fingerprint density at radius 2 is 1.58 bits per heavy atom. The van der Waals surface area contributed by atoms with Gasteiger partial charge in [-0.1, -0.05) is 107 Å². The van der Waals surface area contributed by atoms with Crippen LogP contribution in [0, 0.1) is 6.92 Å². The quantitative estimate of drug-likeness (QED) is 0.141. The van der Waals surface area contributed by atoms with E-state index in [-0.39, 0.29) is 23.8 Å². The maximum atomic E-state index is 14.5. The van der Waals surface area contributed by atoms with Crippen LogP contribution in [-0.4, -0.2) is 44.3 Å². The number of hydrogen-bond donors (Lipinski definition) is 1. The number of sulfonamides is 1. The number of rotatable bonds is 14. The molecule has 0 fully saturated rings. The van der Waals surface area contributed by atoms with Gasteiger partial charge in [-0.15, -0.1) is 0 Å². The maximum Gasteiger partial charge on any atom is 0.264 e. The number of carbonyl (C=O) groups is 2. The number of unbranched alkanes of at least 4 members (excludes halogenated alkanes) is 1. The molecule has 236 valence electrons.